The standard InChI is InChI=1S/C12H11ClIN3O2/c1-18-10-4-9(11(19-2)3-7(10)13)17-12-8(14)5-15-6-16-12/h3-6H,1-2H3,(H,15,16,17). The van der Waals surface area contributed by atoms with E-state index in [1.807, 2.05) is 0 Å². The molecule has 0 amide bonds. The van der Waals surface area contributed by atoms with E-state index in [0.717, 1.165) is 9.26 Å². The molecule has 0 aliphatic heterocycles. The number of benzene rings is 1. The molecule has 0 saturated heterocycles. The van der Waals surface area contributed by atoms with Gasteiger partial charge in [-0.25, -0.2) is 9.97 Å². The van der Waals surface area contributed by atoms with Gasteiger partial charge in [-0.05, 0) is 22.6 Å². The van der Waals surface area contributed by atoms with Crippen LogP contribution >= 0.6 is 34.2 Å². The molecule has 0 aliphatic carbocycles. The summed E-state index contributed by atoms with van der Waals surface area (Å²) in [6, 6.07) is 3.45. The van der Waals surface area contributed by atoms with Gasteiger partial charge in [0.25, 0.3) is 0 Å². The average Bonchev–Trinajstić information content (AvgIpc) is 2.42. The molecule has 0 spiro atoms. The van der Waals surface area contributed by atoms with Crippen molar-refractivity contribution in [3.8, 4) is 11.5 Å². The van der Waals surface area contributed by atoms with Crippen LogP contribution in [-0.4, -0.2) is 24.2 Å². The van der Waals surface area contributed by atoms with Crippen molar-refractivity contribution in [2.75, 3.05) is 19.5 Å². The SMILES string of the molecule is COc1cc(Nc2ncncc2I)c(OC)cc1Cl. The maximum atomic E-state index is 6.05. The first-order valence-electron chi connectivity index (χ1n) is 5.29. The maximum absolute atomic E-state index is 6.05. The highest BCUT2D eigenvalue weighted by atomic mass is 127. The number of ether oxygens (including phenoxy) is 2. The van der Waals surface area contributed by atoms with Gasteiger partial charge in [0.15, 0.2) is 0 Å². The van der Waals surface area contributed by atoms with Crippen molar-refractivity contribution in [3.63, 3.8) is 0 Å². The zero-order valence-electron chi connectivity index (χ0n) is 10.3. The molecular formula is C12H11ClIN3O2. The first-order valence-corrected chi connectivity index (χ1v) is 6.75. The van der Waals surface area contributed by atoms with Crippen molar-refractivity contribution in [3.05, 3.63) is 33.2 Å². The Morgan fingerprint density at radius 3 is 2.58 bits per heavy atom. The molecule has 1 aromatic carbocycles. The van der Waals surface area contributed by atoms with E-state index in [1.54, 1.807) is 32.5 Å². The maximum Gasteiger partial charge on any atom is 0.147 e. The number of hydrogen-bond donors (Lipinski definition) is 1. The van der Waals surface area contributed by atoms with E-state index in [4.69, 9.17) is 21.1 Å². The summed E-state index contributed by atoms with van der Waals surface area (Å²) in [6.45, 7) is 0. The first kappa shape index (κ1) is 14.1. The Balaban J connectivity index is 2.41. The summed E-state index contributed by atoms with van der Waals surface area (Å²) in [7, 11) is 3.14. The second-order valence-corrected chi connectivity index (χ2v) is 5.10. The summed E-state index contributed by atoms with van der Waals surface area (Å²) in [6.07, 6.45) is 3.19. The molecule has 0 bridgehead atoms. The second-order valence-electron chi connectivity index (χ2n) is 3.53. The van der Waals surface area contributed by atoms with E-state index in [0.29, 0.717) is 22.3 Å². The molecule has 0 saturated carbocycles. The summed E-state index contributed by atoms with van der Waals surface area (Å²) in [5.41, 5.74) is 0.723. The van der Waals surface area contributed by atoms with Crippen LogP contribution < -0.4 is 14.8 Å². The molecular weight excluding hydrogens is 381 g/mol. The Labute approximate surface area is 129 Å². The molecule has 0 unspecified atom stereocenters. The van der Waals surface area contributed by atoms with Gasteiger partial charge in [-0.3, -0.25) is 0 Å². The van der Waals surface area contributed by atoms with Crippen LogP contribution in [0, 0.1) is 3.57 Å². The third kappa shape index (κ3) is 3.19. The van der Waals surface area contributed by atoms with E-state index >= 15 is 0 Å². The molecule has 1 N–H and O–H groups in total. The highest BCUT2D eigenvalue weighted by Crippen LogP contribution is 2.37. The van der Waals surface area contributed by atoms with Gasteiger partial charge in [-0.1, -0.05) is 11.6 Å². The fraction of sp³-hybridized carbons (Fsp3) is 0.167. The van der Waals surface area contributed by atoms with E-state index < -0.39 is 0 Å². The number of hydrogen-bond acceptors (Lipinski definition) is 5. The predicted molar refractivity (Wildman–Crippen MR) is 82.6 cm³/mol. The van der Waals surface area contributed by atoms with Crippen LogP contribution in [0.25, 0.3) is 0 Å². The molecule has 0 atom stereocenters. The van der Waals surface area contributed by atoms with Gasteiger partial charge in [0.2, 0.25) is 0 Å². The first-order chi connectivity index (χ1) is 9.15. The zero-order valence-corrected chi connectivity index (χ0v) is 13.2. The minimum Gasteiger partial charge on any atom is -0.495 e. The van der Waals surface area contributed by atoms with Gasteiger partial charge in [0, 0.05) is 18.3 Å². The topological polar surface area (TPSA) is 56.3 Å². The Kier molecular flexibility index (Phi) is 4.65. The van der Waals surface area contributed by atoms with Crippen molar-refractivity contribution in [2.24, 2.45) is 0 Å². The lowest BCUT2D eigenvalue weighted by Crippen LogP contribution is -2.00. The lowest BCUT2D eigenvalue weighted by Gasteiger charge is -2.13. The monoisotopic (exact) mass is 391 g/mol. The minimum absolute atomic E-state index is 0.488. The summed E-state index contributed by atoms with van der Waals surface area (Å²) in [4.78, 5) is 8.11. The molecule has 19 heavy (non-hydrogen) atoms. The summed E-state index contributed by atoms with van der Waals surface area (Å²) < 4.78 is 11.4. The number of halogens is 2. The fourth-order valence-electron chi connectivity index (χ4n) is 1.49. The second kappa shape index (κ2) is 6.25. The molecule has 1 aromatic heterocycles. The third-order valence-electron chi connectivity index (χ3n) is 2.39. The van der Waals surface area contributed by atoms with Crippen LogP contribution in [0.15, 0.2) is 24.7 Å². The van der Waals surface area contributed by atoms with E-state index in [2.05, 4.69) is 37.9 Å². The van der Waals surface area contributed by atoms with Crippen LogP contribution in [0.2, 0.25) is 5.02 Å². The van der Waals surface area contributed by atoms with Crippen molar-refractivity contribution >= 4 is 45.7 Å². The fourth-order valence-corrected chi connectivity index (χ4v) is 2.16. The minimum atomic E-state index is 0.488. The number of aromatic nitrogens is 2. The van der Waals surface area contributed by atoms with Crippen LogP contribution in [0.4, 0.5) is 11.5 Å². The normalized spacial score (nSPS) is 10.1. The molecule has 0 radical (unpaired) electrons. The Morgan fingerprint density at radius 1 is 1.21 bits per heavy atom. The highest BCUT2D eigenvalue weighted by Gasteiger charge is 2.11. The summed E-state index contributed by atoms with van der Waals surface area (Å²) >= 11 is 8.20. The number of nitrogens with one attached hydrogen (secondary N) is 1. The number of anilines is 2. The molecule has 7 heteroatoms. The van der Waals surface area contributed by atoms with E-state index in [9.17, 15) is 0 Å². The van der Waals surface area contributed by atoms with Crippen LogP contribution in [0.1, 0.15) is 0 Å². The van der Waals surface area contributed by atoms with Gasteiger partial charge in [0.05, 0.1) is 28.5 Å². The Morgan fingerprint density at radius 2 is 1.95 bits per heavy atom. The highest BCUT2D eigenvalue weighted by molar-refractivity contribution is 14.1. The lowest BCUT2D eigenvalue weighted by molar-refractivity contribution is 0.405. The number of rotatable bonds is 4. The van der Waals surface area contributed by atoms with Gasteiger partial charge in [-0.2, -0.15) is 0 Å². The number of nitrogens with zero attached hydrogens (tertiary/aromatic N) is 2. The van der Waals surface area contributed by atoms with Gasteiger partial charge in [0.1, 0.15) is 23.6 Å². The molecule has 0 aliphatic rings. The average molecular weight is 392 g/mol. The van der Waals surface area contributed by atoms with Crippen molar-refractivity contribution in [2.45, 2.75) is 0 Å². The summed E-state index contributed by atoms with van der Waals surface area (Å²) in [5.74, 6) is 1.87. The van der Waals surface area contributed by atoms with Crippen LogP contribution in [-0.2, 0) is 0 Å². The summed E-state index contributed by atoms with van der Waals surface area (Å²) in [5, 5.41) is 3.66. The molecule has 2 aromatic rings. The lowest BCUT2D eigenvalue weighted by atomic mass is 10.2. The third-order valence-corrected chi connectivity index (χ3v) is 3.48. The van der Waals surface area contributed by atoms with E-state index in [-0.39, 0.29) is 0 Å². The quantitative estimate of drug-likeness (QED) is 0.809. The van der Waals surface area contributed by atoms with Crippen LogP contribution in [0.5, 0.6) is 11.5 Å². The largest absolute Gasteiger partial charge is 0.495 e. The zero-order chi connectivity index (χ0) is 13.8. The smallest absolute Gasteiger partial charge is 0.147 e. The predicted octanol–water partition coefficient (Wildman–Crippen LogP) is 3.50. The van der Waals surface area contributed by atoms with Gasteiger partial charge < -0.3 is 14.8 Å². The van der Waals surface area contributed by atoms with E-state index in [1.165, 1.54) is 6.33 Å². The van der Waals surface area contributed by atoms with Crippen molar-refractivity contribution < 1.29 is 9.47 Å². The van der Waals surface area contributed by atoms with Crippen molar-refractivity contribution in [1.29, 1.82) is 0 Å². The molecule has 1 heterocycles. The molecule has 0 fully saturated rings. The number of methoxy groups -OCH3 is 2. The van der Waals surface area contributed by atoms with Gasteiger partial charge >= 0.3 is 0 Å². The Bertz CT molecular complexity index is 595. The Hall–Kier alpha value is -1.28. The molecule has 2 rings (SSSR count). The molecule has 5 nitrogen and oxygen atoms in total. The molecule has 100 valence electrons. The van der Waals surface area contributed by atoms with Crippen LogP contribution in [0.3, 0.4) is 0 Å². The van der Waals surface area contributed by atoms with Crippen molar-refractivity contribution in [1.82, 2.24) is 9.97 Å². The van der Waals surface area contributed by atoms with Gasteiger partial charge in [-0.15, -0.1) is 0 Å².